The van der Waals surface area contributed by atoms with E-state index in [9.17, 15) is 13.6 Å². The molecule has 0 unspecified atom stereocenters. The van der Waals surface area contributed by atoms with E-state index in [1.54, 1.807) is 29.9 Å². The molecular weight excluding hydrogens is 404 g/mol. The van der Waals surface area contributed by atoms with E-state index in [4.69, 9.17) is 4.74 Å². The minimum Gasteiger partial charge on any atom is -0.435 e. The van der Waals surface area contributed by atoms with Crippen molar-refractivity contribution in [3.05, 3.63) is 77.1 Å². The third kappa shape index (κ3) is 5.15. The number of morpholine rings is 1. The molecule has 162 valence electrons. The first kappa shape index (κ1) is 21.1. The summed E-state index contributed by atoms with van der Waals surface area (Å²) in [5.41, 5.74) is 3.78. The zero-order valence-corrected chi connectivity index (χ0v) is 17.1. The molecule has 0 aliphatic carbocycles. The Morgan fingerprint density at radius 2 is 1.97 bits per heavy atom. The fourth-order valence-corrected chi connectivity index (χ4v) is 3.56. The van der Waals surface area contributed by atoms with Crippen molar-refractivity contribution in [2.75, 3.05) is 19.7 Å². The highest BCUT2D eigenvalue weighted by molar-refractivity contribution is 5.98. The normalized spacial score (nSPS) is 16.5. The van der Waals surface area contributed by atoms with Crippen LogP contribution in [0.1, 0.15) is 33.3 Å². The molecule has 0 spiro atoms. The predicted molar refractivity (Wildman–Crippen MR) is 111 cm³/mol. The number of alkyl halides is 2. The molecule has 2 heterocycles. The van der Waals surface area contributed by atoms with Crippen molar-refractivity contribution in [3.8, 4) is 11.4 Å². The summed E-state index contributed by atoms with van der Waals surface area (Å²) in [7, 11) is 0. The highest BCUT2D eigenvalue weighted by atomic mass is 19.3. The number of hydrogen-bond acceptors (Lipinski definition) is 5. The molecule has 31 heavy (non-hydrogen) atoms. The second kappa shape index (κ2) is 9.36. The average Bonchev–Trinajstić information content (AvgIpc) is 3.17. The van der Waals surface area contributed by atoms with Gasteiger partial charge in [-0.3, -0.25) is 4.79 Å². The van der Waals surface area contributed by atoms with Crippen LogP contribution in [-0.4, -0.2) is 41.9 Å². The van der Waals surface area contributed by atoms with Crippen LogP contribution in [0.3, 0.4) is 0 Å². The quantitative estimate of drug-likeness (QED) is 0.580. The van der Waals surface area contributed by atoms with E-state index in [-0.39, 0.29) is 24.1 Å². The summed E-state index contributed by atoms with van der Waals surface area (Å²) in [5, 5.41) is 7.70. The van der Waals surface area contributed by atoms with E-state index in [1.165, 1.54) is 12.1 Å². The molecule has 0 bridgehead atoms. The first-order chi connectivity index (χ1) is 15.0. The third-order valence-corrected chi connectivity index (χ3v) is 5.17. The number of carbonyl (C=O) groups excluding carboxylic acids is 1. The molecule has 3 aromatic rings. The third-order valence-electron chi connectivity index (χ3n) is 5.17. The molecule has 8 heteroatoms. The van der Waals surface area contributed by atoms with E-state index >= 15 is 0 Å². The zero-order chi connectivity index (χ0) is 21.8. The van der Waals surface area contributed by atoms with Gasteiger partial charge in [0.25, 0.3) is 0 Å². The maximum atomic E-state index is 12.9. The number of ether oxygens (including phenoxy) is 2. The first-order valence-corrected chi connectivity index (χ1v) is 10.1. The number of halogens is 2. The lowest BCUT2D eigenvalue weighted by molar-refractivity contribution is -0.0498. The largest absolute Gasteiger partial charge is 0.435 e. The number of aromatic nitrogens is 2. The lowest BCUT2D eigenvalue weighted by atomic mass is 10.0. The molecule has 1 atom stereocenters. The van der Waals surface area contributed by atoms with Gasteiger partial charge in [0.05, 0.1) is 29.7 Å². The van der Waals surface area contributed by atoms with E-state index in [1.807, 2.05) is 24.3 Å². The fourth-order valence-electron chi connectivity index (χ4n) is 3.56. The smallest absolute Gasteiger partial charge is 0.387 e. The van der Waals surface area contributed by atoms with Gasteiger partial charge in [0, 0.05) is 25.7 Å². The van der Waals surface area contributed by atoms with Gasteiger partial charge in [-0.1, -0.05) is 24.3 Å². The van der Waals surface area contributed by atoms with Gasteiger partial charge < -0.3 is 14.8 Å². The van der Waals surface area contributed by atoms with E-state index < -0.39 is 6.61 Å². The van der Waals surface area contributed by atoms with Crippen LogP contribution < -0.4 is 10.1 Å². The van der Waals surface area contributed by atoms with Gasteiger partial charge in [0.2, 0.25) is 0 Å². The van der Waals surface area contributed by atoms with Crippen LogP contribution in [0.15, 0.2) is 54.7 Å². The van der Waals surface area contributed by atoms with Crippen molar-refractivity contribution in [1.29, 1.82) is 0 Å². The summed E-state index contributed by atoms with van der Waals surface area (Å²) in [6, 6.07) is 14.0. The van der Waals surface area contributed by atoms with Crippen LogP contribution in [0, 0.1) is 6.92 Å². The fraction of sp³-hybridized carbons (Fsp3) is 0.304. The SMILES string of the molecule is Cc1nn(-c2ccc(OC(F)F)cc2)cc1C(=O)Cc1ccc([C@H]2CNCCO2)cc1. The number of nitrogens with zero attached hydrogens (tertiary/aromatic N) is 2. The molecule has 1 saturated heterocycles. The Hall–Kier alpha value is -3.10. The molecular formula is C23H23F2N3O3. The van der Waals surface area contributed by atoms with Crippen molar-refractivity contribution in [3.63, 3.8) is 0 Å². The van der Waals surface area contributed by atoms with Crippen LogP contribution in [0.2, 0.25) is 0 Å². The summed E-state index contributed by atoms with van der Waals surface area (Å²) in [6.45, 7) is 1.24. The van der Waals surface area contributed by atoms with Gasteiger partial charge in [-0.15, -0.1) is 0 Å². The van der Waals surface area contributed by atoms with E-state index in [0.29, 0.717) is 23.6 Å². The minimum absolute atomic E-state index is 0.0373. The number of rotatable bonds is 7. The van der Waals surface area contributed by atoms with Crippen LogP contribution >= 0.6 is 0 Å². The standard InChI is InChI=1S/C23H23F2N3O3/c1-15-20(14-28(27-15)18-6-8-19(9-7-18)31-23(24)25)21(29)12-16-2-4-17(5-3-16)22-13-26-10-11-30-22/h2-9,14,22-23,26H,10-13H2,1H3/t22-/m1/s1. The minimum atomic E-state index is -2.87. The van der Waals surface area contributed by atoms with Gasteiger partial charge in [0.1, 0.15) is 5.75 Å². The Bertz CT molecular complexity index is 1030. The van der Waals surface area contributed by atoms with Crippen molar-refractivity contribution < 1.29 is 23.0 Å². The number of ketones is 1. The maximum Gasteiger partial charge on any atom is 0.387 e. The Kier molecular flexibility index (Phi) is 6.39. The summed E-state index contributed by atoms with van der Waals surface area (Å²) >= 11 is 0. The number of hydrogen-bond donors (Lipinski definition) is 1. The van der Waals surface area contributed by atoms with Crippen molar-refractivity contribution in [2.24, 2.45) is 0 Å². The van der Waals surface area contributed by atoms with Crippen LogP contribution in [0.5, 0.6) is 5.75 Å². The van der Waals surface area contributed by atoms with Crippen molar-refractivity contribution in [2.45, 2.75) is 26.1 Å². The van der Waals surface area contributed by atoms with Gasteiger partial charge >= 0.3 is 6.61 Å². The average molecular weight is 427 g/mol. The molecule has 1 N–H and O–H groups in total. The summed E-state index contributed by atoms with van der Waals surface area (Å²) in [4.78, 5) is 12.9. The zero-order valence-electron chi connectivity index (χ0n) is 17.1. The first-order valence-electron chi connectivity index (χ1n) is 10.1. The van der Waals surface area contributed by atoms with Gasteiger partial charge in [0.15, 0.2) is 5.78 Å². The lowest BCUT2D eigenvalue weighted by Crippen LogP contribution is -2.33. The molecule has 2 aromatic carbocycles. The summed E-state index contributed by atoms with van der Waals surface area (Å²) < 4.78 is 36.3. The molecule has 1 aliphatic rings. The Morgan fingerprint density at radius 1 is 1.23 bits per heavy atom. The highest BCUT2D eigenvalue weighted by Gasteiger charge is 2.17. The molecule has 1 fully saturated rings. The van der Waals surface area contributed by atoms with Gasteiger partial charge in [-0.2, -0.15) is 13.9 Å². The Morgan fingerprint density at radius 3 is 2.61 bits per heavy atom. The lowest BCUT2D eigenvalue weighted by Gasteiger charge is -2.24. The van der Waals surface area contributed by atoms with Crippen molar-refractivity contribution >= 4 is 5.78 Å². The second-order valence-corrected chi connectivity index (χ2v) is 7.35. The number of carbonyl (C=O) groups is 1. The molecule has 0 amide bonds. The summed E-state index contributed by atoms with van der Waals surface area (Å²) in [5.74, 6) is 0.0292. The van der Waals surface area contributed by atoms with Crippen LogP contribution in [0.4, 0.5) is 8.78 Å². The monoisotopic (exact) mass is 427 g/mol. The molecule has 1 aromatic heterocycles. The molecule has 0 radical (unpaired) electrons. The second-order valence-electron chi connectivity index (χ2n) is 7.35. The molecule has 1 aliphatic heterocycles. The molecule has 4 rings (SSSR count). The summed E-state index contributed by atoms with van der Waals surface area (Å²) in [6.07, 6.45) is 1.96. The van der Waals surface area contributed by atoms with Crippen LogP contribution in [-0.2, 0) is 11.2 Å². The number of aryl methyl sites for hydroxylation is 1. The highest BCUT2D eigenvalue weighted by Crippen LogP contribution is 2.21. The number of Topliss-reactive ketones (excluding diaryl/α,β-unsaturated/α-hetero) is 1. The van der Waals surface area contributed by atoms with Crippen LogP contribution in [0.25, 0.3) is 5.69 Å². The van der Waals surface area contributed by atoms with Gasteiger partial charge in [-0.05, 0) is 42.3 Å². The number of nitrogens with one attached hydrogen (secondary N) is 1. The van der Waals surface area contributed by atoms with E-state index in [2.05, 4.69) is 15.2 Å². The predicted octanol–water partition coefficient (Wildman–Crippen LogP) is 3.87. The van der Waals surface area contributed by atoms with Crippen molar-refractivity contribution in [1.82, 2.24) is 15.1 Å². The number of benzene rings is 2. The Labute approximate surface area is 178 Å². The molecule has 6 nitrogen and oxygen atoms in total. The Balaban J connectivity index is 1.44. The van der Waals surface area contributed by atoms with E-state index in [0.717, 1.165) is 24.2 Å². The maximum absolute atomic E-state index is 12.9. The topological polar surface area (TPSA) is 65.4 Å². The molecule has 0 saturated carbocycles. The van der Waals surface area contributed by atoms with Gasteiger partial charge in [-0.25, -0.2) is 4.68 Å².